The molecule has 1 saturated heterocycles. The van der Waals surface area contributed by atoms with Gasteiger partial charge < -0.3 is 4.42 Å². The van der Waals surface area contributed by atoms with Crippen molar-refractivity contribution in [3.63, 3.8) is 0 Å². The second-order valence-electron chi connectivity index (χ2n) is 6.26. The fourth-order valence-corrected chi connectivity index (χ4v) is 4.10. The number of furan rings is 1. The Morgan fingerprint density at radius 1 is 1.21 bits per heavy atom. The summed E-state index contributed by atoms with van der Waals surface area (Å²) in [6, 6.07) is 6.78. The Bertz CT molecular complexity index is 1010. The van der Waals surface area contributed by atoms with Crippen molar-refractivity contribution in [1.29, 1.82) is 0 Å². The zero-order chi connectivity index (χ0) is 20.4. The largest absolute Gasteiger partial charge is 0.457 e. The van der Waals surface area contributed by atoms with Gasteiger partial charge in [0.05, 0.1) is 9.83 Å². The molecule has 8 heteroatoms. The Morgan fingerprint density at radius 2 is 1.96 bits per heavy atom. The van der Waals surface area contributed by atoms with Crippen molar-refractivity contribution >= 4 is 34.6 Å². The monoisotopic (exact) mass is 399 g/mol. The molecule has 0 unspecified atom stereocenters. The van der Waals surface area contributed by atoms with E-state index in [4.69, 9.17) is 4.42 Å². The van der Waals surface area contributed by atoms with Crippen LogP contribution in [0.15, 0.2) is 38.6 Å². The topological polar surface area (TPSA) is 89.0 Å². The van der Waals surface area contributed by atoms with Crippen LogP contribution in [0.5, 0.6) is 0 Å². The maximum Gasteiger partial charge on any atom is 0.272 e. The summed E-state index contributed by atoms with van der Waals surface area (Å²) in [6.45, 7) is 8.58. The number of amidine groups is 1. The number of aliphatic imine (C=N–C) groups is 1. The Balaban J connectivity index is 1.93. The van der Waals surface area contributed by atoms with Gasteiger partial charge in [-0.1, -0.05) is 0 Å². The standard InChI is InChI=1S/C20H21N3O4S/c1-5-21-20-22(6-2)19(24)18(28-20)11-14-7-10-17(27-14)15-8-9-16(23(25)26)13(4)12(15)3/h7-11H,5-6H2,1-4H3/b18-11+,21-20?. The Labute approximate surface area is 167 Å². The van der Waals surface area contributed by atoms with E-state index in [1.54, 1.807) is 30.0 Å². The van der Waals surface area contributed by atoms with E-state index in [0.29, 0.717) is 40.2 Å². The lowest BCUT2D eigenvalue weighted by Crippen LogP contribution is -2.28. The zero-order valence-corrected chi connectivity index (χ0v) is 17.0. The van der Waals surface area contributed by atoms with Crippen molar-refractivity contribution in [2.24, 2.45) is 4.99 Å². The van der Waals surface area contributed by atoms with E-state index in [1.165, 1.54) is 17.8 Å². The number of hydrogen-bond donors (Lipinski definition) is 0. The van der Waals surface area contributed by atoms with Crippen LogP contribution in [0.1, 0.15) is 30.7 Å². The molecule has 0 saturated carbocycles. The number of nitro groups is 1. The fraction of sp³-hybridized carbons (Fsp3) is 0.300. The second-order valence-corrected chi connectivity index (χ2v) is 7.27. The highest BCUT2D eigenvalue weighted by molar-refractivity contribution is 8.18. The van der Waals surface area contributed by atoms with Gasteiger partial charge in [-0.25, -0.2) is 0 Å². The minimum Gasteiger partial charge on any atom is -0.457 e. The highest BCUT2D eigenvalue weighted by Crippen LogP contribution is 2.35. The normalized spacial score (nSPS) is 17.1. The number of thioether (sulfide) groups is 1. The molecular weight excluding hydrogens is 378 g/mol. The summed E-state index contributed by atoms with van der Waals surface area (Å²) in [7, 11) is 0. The molecule has 7 nitrogen and oxygen atoms in total. The van der Waals surface area contributed by atoms with Crippen LogP contribution >= 0.6 is 11.8 Å². The molecule has 0 N–H and O–H groups in total. The van der Waals surface area contributed by atoms with Crippen molar-refractivity contribution in [2.75, 3.05) is 13.1 Å². The Hall–Kier alpha value is -2.87. The summed E-state index contributed by atoms with van der Waals surface area (Å²) >= 11 is 1.34. The predicted molar refractivity (Wildman–Crippen MR) is 111 cm³/mol. The van der Waals surface area contributed by atoms with Crippen LogP contribution in [-0.2, 0) is 4.79 Å². The number of carbonyl (C=O) groups is 1. The van der Waals surface area contributed by atoms with E-state index >= 15 is 0 Å². The molecule has 0 aliphatic carbocycles. The SMILES string of the molecule is CCN=C1S/C(=C/c2ccc(-c3ccc([N+](=O)[O-])c(C)c3C)o2)C(=O)N1CC. The molecule has 146 valence electrons. The third-order valence-corrected chi connectivity index (χ3v) is 5.66. The van der Waals surface area contributed by atoms with E-state index in [1.807, 2.05) is 26.8 Å². The van der Waals surface area contributed by atoms with Gasteiger partial charge in [0.15, 0.2) is 5.17 Å². The van der Waals surface area contributed by atoms with E-state index in [2.05, 4.69) is 4.99 Å². The number of nitro benzene ring substituents is 1. The minimum atomic E-state index is -0.387. The number of likely N-dealkylation sites (N-methyl/N-ethyl adjacent to an activating group) is 1. The maximum absolute atomic E-state index is 12.6. The molecule has 3 rings (SSSR count). The maximum atomic E-state index is 12.6. The van der Waals surface area contributed by atoms with Gasteiger partial charge in [-0.15, -0.1) is 0 Å². The highest BCUT2D eigenvalue weighted by atomic mass is 32.2. The number of rotatable bonds is 5. The number of nitrogens with zero attached hydrogens (tertiary/aromatic N) is 3. The predicted octanol–water partition coefficient (Wildman–Crippen LogP) is 4.78. The first-order valence-electron chi connectivity index (χ1n) is 8.98. The summed E-state index contributed by atoms with van der Waals surface area (Å²) in [4.78, 5) is 29.8. The van der Waals surface area contributed by atoms with E-state index < -0.39 is 0 Å². The van der Waals surface area contributed by atoms with Gasteiger partial charge in [0, 0.05) is 36.4 Å². The molecule has 1 aromatic heterocycles. The first kappa shape index (κ1) is 19.9. The molecule has 0 radical (unpaired) electrons. The van der Waals surface area contributed by atoms with E-state index in [9.17, 15) is 14.9 Å². The molecule has 1 aliphatic rings. The summed E-state index contributed by atoms with van der Waals surface area (Å²) in [6.07, 6.45) is 1.71. The van der Waals surface area contributed by atoms with Gasteiger partial charge in [-0.2, -0.15) is 0 Å². The Kier molecular flexibility index (Phi) is 5.69. The van der Waals surface area contributed by atoms with Gasteiger partial charge in [0.2, 0.25) is 0 Å². The average Bonchev–Trinajstić information content (AvgIpc) is 3.22. The number of amides is 1. The van der Waals surface area contributed by atoms with Crippen LogP contribution in [0.2, 0.25) is 0 Å². The summed E-state index contributed by atoms with van der Waals surface area (Å²) in [5.41, 5.74) is 2.29. The summed E-state index contributed by atoms with van der Waals surface area (Å²) < 4.78 is 5.91. The molecule has 2 aromatic rings. The molecule has 1 amide bonds. The van der Waals surface area contributed by atoms with Gasteiger partial charge in [0.1, 0.15) is 11.5 Å². The molecular formula is C20H21N3O4S. The van der Waals surface area contributed by atoms with Crippen LogP contribution in [0, 0.1) is 24.0 Å². The molecule has 1 aromatic carbocycles. The number of benzene rings is 1. The van der Waals surface area contributed by atoms with E-state index in [-0.39, 0.29) is 16.5 Å². The van der Waals surface area contributed by atoms with Gasteiger partial charge in [0.25, 0.3) is 11.6 Å². The highest BCUT2D eigenvalue weighted by Gasteiger charge is 2.32. The van der Waals surface area contributed by atoms with Crippen LogP contribution in [0.3, 0.4) is 0 Å². The van der Waals surface area contributed by atoms with Crippen molar-refractivity contribution < 1.29 is 14.1 Å². The molecule has 28 heavy (non-hydrogen) atoms. The zero-order valence-electron chi connectivity index (χ0n) is 16.2. The van der Waals surface area contributed by atoms with Crippen LogP contribution in [0.25, 0.3) is 17.4 Å². The molecule has 0 bridgehead atoms. The molecule has 2 heterocycles. The van der Waals surface area contributed by atoms with Gasteiger partial charge in [-0.3, -0.25) is 24.8 Å². The molecule has 0 spiro atoms. The smallest absolute Gasteiger partial charge is 0.272 e. The lowest BCUT2D eigenvalue weighted by atomic mass is 10.00. The van der Waals surface area contributed by atoms with Gasteiger partial charge in [-0.05, 0) is 63.2 Å². The Morgan fingerprint density at radius 3 is 2.61 bits per heavy atom. The first-order valence-corrected chi connectivity index (χ1v) is 9.79. The van der Waals surface area contributed by atoms with Crippen LogP contribution in [-0.4, -0.2) is 34.0 Å². The molecule has 1 aliphatic heterocycles. The third kappa shape index (κ3) is 3.60. The lowest BCUT2D eigenvalue weighted by Gasteiger charge is -2.11. The third-order valence-electron chi connectivity index (χ3n) is 4.62. The first-order chi connectivity index (χ1) is 13.4. The minimum absolute atomic E-state index is 0.0833. The average molecular weight is 399 g/mol. The van der Waals surface area contributed by atoms with Crippen LogP contribution < -0.4 is 0 Å². The summed E-state index contributed by atoms with van der Waals surface area (Å²) in [5.74, 6) is 1.07. The lowest BCUT2D eigenvalue weighted by molar-refractivity contribution is -0.385. The van der Waals surface area contributed by atoms with Crippen LogP contribution in [0.4, 0.5) is 5.69 Å². The number of carbonyl (C=O) groups excluding carboxylic acids is 1. The van der Waals surface area contributed by atoms with E-state index in [0.717, 1.165) is 11.1 Å². The quantitative estimate of drug-likeness (QED) is 0.410. The van der Waals surface area contributed by atoms with Crippen molar-refractivity contribution in [3.8, 4) is 11.3 Å². The number of hydrogen-bond acceptors (Lipinski definition) is 6. The van der Waals surface area contributed by atoms with Gasteiger partial charge >= 0.3 is 0 Å². The fourth-order valence-electron chi connectivity index (χ4n) is 3.02. The van der Waals surface area contributed by atoms with Crippen molar-refractivity contribution in [2.45, 2.75) is 27.7 Å². The second kappa shape index (κ2) is 8.02. The molecule has 1 fully saturated rings. The van der Waals surface area contributed by atoms with Crippen molar-refractivity contribution in [3.05, 3.63) is 56.2 Å². The van der Waals surface area contributed by atoms with Crippen molar-refractivity contribution in [1.82, 2.24) is 4.90 Å². The summed E-state index contributed by atoms with van der Waals surface area (Å²) in [5, 5.41) is 11.8. The molecule has 0 atom stereocenters.